The maximum absolute atomic E-state index is 11.3. The van der Waals surface area contributed by atoms with Gasteiger partial charge in [-0.3, -0.25) is 4.79 Å². The molecular formula is C14H16N2OS. The zero-order valence-corrected chi connectivity index (χ0v) is 11.6. The Morgan fingerprint density at radius 2 is 2.00 bits per heavy atom. The molecule has 0 aliphatic rings. The number of rotatable bonds is 4. The van der Waals surface area contributed by atoms with Gasteiger partial charge in [0.15, 0.2) is 10.9 Å². The van der Waals surface area contributed by atoms with Crippen LogP contribution in [0, 0.1) is 6.92 Å². The zero-order valence-electron chi connectivity index (χ0n) is 10.8. The van der Waals surface area contributed by atoms with Crippen LogP contribution in [0.4, 0.5) is 10.8 Å². The van der Waals surface area contributed by atoms with Crippen LogP contribution >= 0.6 is 11.3 Å². The lowest BCUT2D eigenvalue weighted by Gasteiger charge is -2.19. The second-order valence-corrected chi connectivity index (χ2v) is 4.99. The normalized spacial score (nSPS) is 10.4. The Morgan fingerprint density at radius 1 is 1.33 bits per heavy atom. The van der Waals surface area contributed by atoms with Crippen LogP contribution in [-0.2, 0) is 0 Å². The average molecular weight is 260 g/mol. The van der Waals surface area contributed by atoms with Crippen LogP contribution in [0.3, 0.4) is 0 Å². The molecule has 0 spiro atoms. The van der Waals surface area contributed by atoms with Crippen LogP contribution in [0.1, 0.15) is 29.9 Å². The van der Waals surface area contributed by atoms with Crippen LogP contribution in [-0.4, -0.2) is 17.3 Å². The maximum atomic E-state index is 11.3. The highest BCUT2D eigenvalue weighted by molar-refractivity contribution is 7.14. The highest BCUT2D eigenvalue weighted by Gasteiger charge is 2.13. The first-order chi connectivity index (χ1) is 8.61. The molecule has 3 nitrogen and oxygen atoms in total. The molecule has 0 bridgehead atoms. The van der Waals surface area contributed by atoms with Crippen molar-refractivity contribution in [1.29, 1.82) is 0 Å². The Kier molecular flexibility index (Phi) is 3.77. The van der Waals surface area contributed by atoms with Gasteiger partial charge in [-0.1, -0.05) is 17.7 Å². The van der Waals surface area contributed by atoms with Gasteiger partial charge in [0.2, 0.25) is 0 Å². The first-order valence-corrected chi connectivity index (χ1v) is 6.80. The van der Waals surface area contributed by atoms with E-state index >= 15 is 0 Å². The molecule has 0 saturated carbocycles. The second kappa shape index (κ2) is 5.31. The van der Waals surface area contributed by atoms with Crippen LogP contribution in [0.15, 0.2) is 29.6 Å². The Balaban J connectivity index is 2.32. The molecule has 2 rings (SSSR count). The van der Waals surface area contributed by atoms with E-state index < -0.39 is 0 Å². The molecule has 0 fully saturated rings. The molecule has 0 amide bonds. The molecule has 0 aliphatic heterocycles. The predicted octanol–water partition coefficient (Wildman–Crippen LogP) is 3.81. The molecule has 0 N–H and O–H groups in total. The number of carbonyl (C=O) groups excluding carboxylic acids is 1. The van der Waals surface area contributed by atoms with Gasteiger partial charge < -0.3 is 4.90 Å². The monoisotopic (exact) mass is 260 g/mol. The van der Waals surface area contributed by atoms with Crippen molar-refractivity contribution in [3.63, 3.8) is 0 Å². The fourth-order valence-electron chi connectivity index (χ4n) is 1.70. The summed E-state index contributed by atoms with van der Waals surface area (Å²) < 4.78 is 0. The Bertz CT molecular complexity index is 545. The molecular weight excluding hydrogens is 244 g/mol. The molecule has 18 heavy (non-hydrogen) atoms. The van der Waals surface area contributed by atoms with E-state index in [2.05, 4.69) is 48.0 Å². The molecule has 2 aromatic rings. The van der Waals surface area contributed by atoms with E-state index in [1.165, 1.54) is 16.9 Å². The summed E-state index contributed by atoms with van der Waals surface area (Å²) >= 11 is 1.50. The van der Waals surface area contributed by atoms with Crippen molar-refractivity contribution < 1.29 is 4.79 Å². The minimum atomic E-state index is 0.0115. The third-order valence-electron chi connectivity index (χ3n) is 2.75. The number of Topliss-reactive ketones (excluding diaryl/α,β-unsaturated/α-hetero) is 1. The number of hydrogen-bond donors (Lipinski definition) is 0. The molecule has 0 atom stereocenters. The van der Waals surface area contributed by atoms with Crippen LogP contribution in [0.5, 0.6) is 0 Å². The number of carbonyl (C=O) groups is 1. The standard InChI is InChI=1S/C14H16N2OS/c1-4-16(12-7-5-10(2)6-8-12)14-15-13(9-18-14)11(3)17/h5-9H,4H2,1-3H3. The van der Waals surface area contributed by atoms with Crippen LogP contribution in [0.25, 0.3) is 0 Å². The molecule has 94 valence electrons. The number of benzene rings is 1. The van der Waals surface area contributed by atoms with Crippen molar-refractivity contribution in [1.82, 2.24) is 4.98 Å². The Hall–Kier alpha value is -1.68. The fraction of sp³-hybridized carbons (Fsp3) is 0.286. The first kappa shape index (κ1) is 12.8. The van der Waals surface area contributed by atoms with Crippen molar-refractivity contribution >= 4 is 27.9 Å². The lowest BCUT2D eigenvalue weighted by Crippen LogP contribution is -2.15. The Morgan fingerprint density at radius 3 is 2.50 bits per heavy atom. The third kappa shape index (κ3) is 2.59. The summed E-state index contributed by atoms with van der Waals surface area (Å²) in [6.07, 6.45) is 0. The third-order valence-corrected chi connectivity index (χ3v) is 3.61. The highest BCUT2D eigenvalue weighted by atomic mass is 32.1. The fourth-order valence-corrected chi connectivity index (χ4v) is 2.65. The Labute approximate surface area is 111 Å². The molecule has 0 aliphatic carbocycles. The summed E-state index contributed by atoms with van der Waals surface area (Å²) in [5.74, 6) is 0.0115. The summed E-state index contributed by atoms with van der Waals surface area (Å²) in [5, 5.41) is 2.68. The van der Waals surface area contributed by atoms with Gasteiger partial charge in [-0.2, -0.15) is 0 Å². The predicted molar refractivity (Wildman–Crippen MR) is 76.0 cm³/mol. The van der Waals surface area contributed by atoms with Gasteiger partial charge in [-0.05, 0) is 26.0 Å². The number of hydrogen-bond acceptors (Lipinski definition) is 4. The molecule has 0 radical (unpaired) electrons. The molecule has 4 heteroatoms. The largest absolute Gasteiger partial charge is 0.318 e. The van der Waals surface area contributed by atoms with Crippen molar-refractivity contribution in [2.24, 2.45) is 0 Å². The van der Waals surface area contributed by atoms with E-state index in [1.807, 2.05) is 5.38 Å². The minimum absolute atomic E-state index is 0.0115. The van der Waals surface area contributed by atoms with Gasteiger partial charge in [-0.25, -0.2) is 4.98 Å². The lowest BCUT2D eigenvalue weighted by atomic mass is 10.2. The van der Waals surface area contributed by atoms with Gasteiger partial charge in [0.05, 0.1) is 0 Å². The lowest BCUT2D eigenvalue weighted by molar-refractivity contribution is 0.101. The number of anilines is 2. The first-order valence-electron chi connectivity index (χ1n) is 5.92. The number of aryl methyl sites for hydroxylation is 1. The molecule has 1 aromatic heterocycles. The van der Waals surface area contributed by atoms with Gasteiger partial charge >= 0.3 is 0 Å². The van der Waals surface area contributed by atoms with E-state index in [0.717, 1.165) is 17.4 Å². The summed E-state index contributed by atoms with van der Waals surface area (Å²) in [6.45, 7) is 6.51. The smallest absolute Gasteiger partial charge is 0.190 e. The molecule has 1 heterocycles. The van der Waals surface area contributed by atoms with E-state index in [0.29, 0.717) is 5.69 Å². The molecule has 0 saturated heterocycles. The van der Waals surface area contributed by atoms with Gasteiger partial charge in [0.25, 0.3) is 0 Å². The van der Waals surface area contributed by atoms with Crippen LogP contribution < -0.4 is 4.90 Å². The average Bonchev–Trinajstić information content (AvgIpc) is 2.82. The van der Waals surface area contributed by atoms with Gasteiger partial charge in [0, 0.05) is 24.5 Å². The topological polar surface area (TPSA) is 33.2 Å². The van der Waals surface area contributed by atoms with Crippen molar-refractivity contribution in [2.45, 2.75) is 20.8 Å². The van der Waals surface area contributed by atoms with E-state index in [9.17, 15) is 4.79 Å². The van der Waals surface area contributed by atoms with Crippen molar-refractivity contribution in [3.8, 4) is 0 Å². The molecule has 0 unspecified atom stereocenters. The number of thiazole rings is 1. The van der Waals surface area contributed by atoms with Crippen molar-refractivity contribution in [3.05, 3.63) is 40.9 Å². The maximum Gasteiger partial charge on any atom is 0.190 e. The zero-order chi connectivity index (χ0) is 13.1. The highest BCUT2D eigenvalue weighted by Crippen LogP contribution is 2.28. The number of nitrogens with zero attached hydrogens (tertiary/aromatic N) is 2. The quantitative estimate of drug-likeness (QED) is 0.784. The number of aromatic nitrogens is 1. The van der Waals surface area contributed by atoms with Gasteiger partial charge in [0.1, 0.15) is 5.69 Å². The minimum Gasteiger partial charge on any atom is -0.318 e. The summed E-state index contributed by atoms with van der Waals surface area (Å²) in [4.78, 5) is 17.8. The molecule has 1 aromatic carbocycles. The second-order valence-electron chi connectivity index (χ2n) is 4.15. The van der Waals surface area contributed by atoms with E-state index in [4.69, 9.17) is 0 Å². The van der Waals surface area contributed by atoms with E-state index in [-0.39, 0.29) is 5.78 Å². The number of ketones is 1. The summed E-state index contributed by atoms with van der Waals surface area (Å²) in [7, 11) is 0. The van der Waals surface area contributed by atoms with Crippen molar-refractivity contribution in [2.75, 3.05) is 11.4 Å². The SMILES string of the molecule is CCN(c1ccc(C)cc1)c1nc(C(C)=O)cs1. The van der Waals surface area contributed by atoms with E-state index in [1.54, 1.807) is 6.92 Å². The van der Waals surface area contributed by atoms with Crippen LogP contribution in [0.2, 0.25) is 0 Å². The van der Waals surface area contributed by atoms with Gasteiger partial charge in [-0.15, -0.1) is 11.3 Å². The summed E-state index contributed by atoms with van der Waals surface area (Å²) in [5.41, 5.74) is 2.88. The summed E-state index contributed by atoms with van der Waals surface area (Å²) in [6, 6.07) is 8.32.